The Morgan fingerprint density at radius 1 is 1.45 bits per heavy atom. The highest BCUT2D eigenvalue weighted by molar-refractivity contribution is 5.91. The van der Waals surface area contributed by atoms with Crippen LogP contribution in [0.3, 0.4) is 0 Å². The van der Waals surface area contributed by atoms with E-state index in [0.29, 0.717) is 19.7 Å². The van der Waals surface area contributed by atoms with Crippen molar-refractivity contribution in [3.05, 3.63) is 54.1 Å². The Hall–Kier alpha value is -2.47. The van der Waals surface area contributed by atoms with Crippen LogP contribution in [0, 0.1) is 0 Å². The molecule has 0 aromatic carbocycles. The lowest BCUT2D eigenvalue weighted by Crippen LogP contribution is -2.32. The molecule has 0 fully saturated rings. The van der Waals surface area contributed by atoms with Crippen LogP contribution in [-0.4, -0.2) is 45.8 Å². The fourth-order valence-electron chi connectivity index (χ4n) is 1.95. The van der Waals surface area contributed by atoms with Gasteiger partial charge in [-0.2, -0.15) is 5.10 Å². The number of nitrogens with zero attached hydrogens (tertiary/aromatic N) is 4. The Labute approximate surface area is 130 Å². The van der Waals surface area contributed by atoms with Gasteiger partial charge in [-0.1, -0.05) is 6.07 Å². The number of rotatable bonds is 7. The number of carbonyl (C=O) groups is 1. The maximum atomic E-state index is 12.4. The van der Waals surface area contributed by atoms with Crippen molar-refractivity contribution in [3.8, 4) is 0 Å². The lowest BCUT2D eigenvalue weighted by atomic mass is 10.3. The molecule has 1 amide bonds. The molecule has 0 unspecified atom stereocenters. The van der Waals surface area contributed by atoms with E-state index < -0.39 is 0 Å². The van der Waals surface area contributed by atoms with Crippen molar-refractivity contribution in [2.75, 3.05) is 20.3 Å². The van der Waals surface area contributed by atoms with E-state index in [0.717, 1.165) is 11.3 Å². The summed E-state index contributed by atoms with van der Waals surface area (Å²) in [5.74, 6) is -0.0773. The molecule has 0 spiro atoms. The Bertz CT molecular complexity index is 622. The summed E-state index contributed by atoms with van der Waals surface area (Å²) in [4.78, 5) is 18.3. The quantitative estimate of drug-likeness (QED) is 0.727. The molecule has 0 atom stereocenters. The van der Waals surface area contributed by atoms with E-state index >= 15 is 0 Å². The van der Waals surface area contributed by atoms with Crippen LogP contribution in [-0.2, 0) is 23.1 Å². The number of methoxy groups -OCH3 is 1. The maximum Gasteiger partial charge on any atom is 0.247 e. The highest BCUT2D eigenvalue weighted by Gasteiger charge is 2.11. The van der Waals surface area contributed by atoms with E-state index in [-0.39, 0.29) is 5.91 Å². The van der Waals surface area contributed by atoms with Gasteiger partial charge < -0.3 is 9.64 Å². The van der Waals surface area contributed by atoms with Gasteiger partial charge in [0.25, 0.3) is 0 Å². The Morgan fingerprint density at radius 3 is 2.95 bits per heavy atom. The van der Waals surface area contributed by atoms with Crippen molar-refractivity contribution >= 4 is 12.0 Å². The van der Waals surface area contributed by atoms with Crippen molar-refractivity contribution in [2.24, 2.45) is 7.05 Å². The summed E-state index contributed by atoms with van der Waals surface area (Å²) in [6.45, 7) is 1.46. The molecule has 2 aromatic heterocycles. The first-order chi connectivity index (χ1) is 10.7. The number of hydrogen-bond acceptors (Lipinski definition) is 4. The molecule has 6 nitrogen and oxygen atoms in total. The van der Waals surface area contributed by atoms with Crippen LogP contribution in [0.1, 0.15) is 11.3 Å². The van der Waals surface area contributed by atoms with Crippen LogP contribution in [0.25, 0.3) is 6.08 Å². The van der Waals surface area contributed by atoms with Crippen LogP contribution >= 0.6 is 0 Å². The van der Waals surface area contributed by atoms with Gasteiger partial charge >= 0.3 is 0 Å². The van der Waals surface area contributed by atoms with Crippen molar-refractivity contribution < 1.29 is 9.53 Å². The number of aryl methyl sites for hydroxylation is 1. The first-order valence-electron chi connectivity index (χ1n) is 7.03. The highest BCUT2D eigenvalue weighted by Crippen LogP contribution is 2.05. The first-order valence-corrected chi connectivity index (χ1v) is 7.03. The summed E-state index contributed by atoms with van der Waals surface area (Å²) < 4.78 is 6.77. The number of ether oxygens (including phenoxy) is 1. The summed E-state index contributed by atoms with van der Waals surface area (Å²) in [5, 5.41) is 4.07. The summed E-state index contributed by atoms with van der Waals surface area (Å²) >= 11 is 0. The van der Waals surface area contributed by atoms with Gasteiger partial charge in [-0.25, -0.2) is 0 Å². The number of amides is 1. The van der Waals surface area contributed by atoms with Gasteiger partial charge in [0, 0.05) is 44.7 Å². The Kier molecular flexibility index (Phi) is 5.85. The number of pyridine rings is 1. The van der Waals surface area contributed by atoms with E-state index in [9.17, 15) is 4.79 Å². The Balaban J connectivity index is 2.03. The third-order valence-corrected chi connectivity index (χ3v) is 3.10. The van der Waals surface area contributed by atoms with E-state index in [2.05, 4.69) is 10.1 Å². The topological polar surface area (TPSA) is 60.2 Å². The summed E-state index contributed by atoms with van der Waals surface area (Å²) in [6.07, 6.45) is 8.59. The molecule has 0 aliphatic rings. The van der Waals surface area contributed by atoms with Gasteiger partial charge in [-0.3, -0.25) is 14.5 Å². The molecule has 0 N–H and O–H groups in total. The average Bonchev–Trinajstić information content (AvgIpc) is 2.95. The van der Waals surface area contributed by atoms with Crippen molar-refractivity contribution in [1.82, 2.24) is 19.7 Å². The van der Waals surface area contributed by atoms with Crippen LogP contribution in [0.4, 0.5) is 0 Å². The maximum absolute atomic E-state index is 12.4. The molecule has 116 valence electrons. The van der Waals surface area contributed by atoms with Gasteiger partial charge in [-0.15, -0.1) is 0 Å². The summed E-state index contributed by atoms with van der Waals surface area (Å²) in [6, 6.07) is 5.66. The molecule has 22 heavy (non-hydrogen) atoms. The zero-order valence-corrected chi connectivity index (χ0v) is 12.8. The SMILES string of the molecule is COCCN(Cc1ccccn1)C(=O)/C=C/c1cnn(C)c1. The lowest BCUT2D eigenvalue weighted by Gasteiger charge is -2.20. The highest BCUT2D eigenvalue weighted by atomic mass is 16.5. The van der Waals surface area contributed by atoms with Crippen LogP contribution in [0.5, 0.6) is 0 Å². The van der Waals surface area contributed by atoms with Crippen molar-refractivity contribution in [1.29, 1.82) is 0 Å². The second-order valence-electron chi connectivity index (χ2n) is 4.85. The third kappa shape index (κ3) is 4.82. The molecule has 0 aliphatic heterocycles. The first kappa shape index (κ1) is 15.9. The standard InChI is InChI=1S/C16H20N4O2/c1-19-12-14(11-18-19)6-7-16(21)20(9-10-22-2)13-15-5-3-4-8-17-15/h3-8,11-12H,9-10,13H2,1-2H3/b7-6+. The fraction of sp³-hybridized carbons (Fsp3) is 0.312. The molecule has 0 saturated carbocycles. The zero-order valence-electron chi connectivity index (χ0n) is 12.8. The van der Waals surface area contributed by atoms with E-state index in [1.807, 2.05) is 31.4 Å². The zero-order chi connectivity index (χ0) is 15.8. The summed E-state index contributed by atoms with van der Waals surface area (Å²) in [5.41, 5.74) is 1.74. The molecular weight excluding hydrogens is 280 g/mol. The van der Waals surface area contributed by atoms with E-state index in [4.69, 9.17) is 4.74 Å². The third-order valence-electron chi connectivity index (χ3n) is 3.10. The van der Waals surface area contributed by atoms with Gasteiger partial charge in [-0.05, 0) is 18.2 Å². The predicted molar refractivity (Wildman–Crippen MR) is 83.8 cm³/mol. The molecule has 0 saturated heterocycles. The molecule has 2 heterocycles. The second kappa shape index (κ2) is 8.09. The number of carbonyl (C=O) groups excluding carboxylic acids is 1. The minimum absolute atomic E-state index is 0.0773. The van der Waals surface area contributed by atoms with Crippen LogP contribution < -0.4 is 0 Å². The second-order valence-corrected chi connectivity index (χ2v) is 4.85. The van der Waals surface area contributed by atoms with Gasteiger partial charge in [0.05, 0.1) is 25.0 Å². The molecule has 2 rings (SSSR count). The fourth-order valence-corrected chi connectivity index (χ4v) is 1.95. The van der Waals surface area contributed by atoms with E-state index in [1.165, 1.54) is 0 Å². The lowest BCUT2D eigenvalue weighted by molar-refractivity contribution is -0.127. The Morgan fingerprint density at radius 2 is 2.32 bits per heavy atom. The normalized spacial score (nSPS) is 11.0. The minimum Gasteiger partial charge on any atom is -0.383 e. The minimum atomic E-state index is -0.0773. The monoisotopic (exact) mass is 300 g/mol. The van der Waals surface area contributed by atoms with E-state index in [1.54, 1.807) is 41.2 Å². The van der Waals surface area contributed by atoms with Crippen LogP contribution in [0.2, 0.25) is 0 Å². The molecular formula is C16H20N4O2. The number of hydrogen-bond donors (Lipinski definition) is 0. The smallest absolute Gasteiger partial charge is 0.247 e. The average molecular weight is 300 g/mol. The largest absolute Gasteiger partial charge is 0.383 e. The predicted octanol–water partition coefficient (Wildman–Crippen LogP) is 1.50. The van der Waals surface area contributed by atoms with Crippen molar-refractivity contribution in [3.63, 3.8) is 0 Å². The molecule has 0 bridgehead atoms. The van der Waals surface area contributed by atoms with Crippen LogP contribution in [0.15, 0.2) is 42.9 Å². The molecule has 6 heteroatoms. The van der Waals surface area contributed by atoms with Gasteiger partial charge in [0.2, 0.25) is 5.91 Å². The van der Waals surface area contributed by atoms with Gasteiger partial charge in [0.15, 0.2) is 0 Å². The molecule has 0 aliphatic carbocycles. The van der Waals surface area contributed by atoms with Crippen molar-refractivity contribution in [2.45, 2.75) is 6.54 Å². The molecule has 0 radical (unpaired) electrons. The molecule has 2 aromatic rings. The summed E-state index contributed by atoms with van der Waals surface area (Å²) in [7, 11) is 3.46. The number of aromatic nitrogens is 3. The van der Waals surface area contributed by atoms with Gasteiger partial charge in [0.1, 0.15) is 0 Å².